The Kier molecular flexibility index (Phi) is 5.73. The fraction of sp³-hybridized carbons (Fsp3) is 0.346. The normalized spacial score (nSPS) is 17.9. The number of nitrogens with zero attached hydrogens (tertiary/aromatic N) is 1. The molecule has 2 aliphatic rings. The van der Waals surface area contributed by atoms with Gasteiger partial charge in [-0.1, -0.05) is 43.2 Å². The third kappa shape index (κ3) is 3.89. The van der Waals surface area contributed by atoms with Gasteiger partial charge < -0.3 is 20.4 Å². The Balaban J connectivity index is 1.34. The Bertz CT molecular complexity index is 1230. The number of hydrogen-bond acceptors (Lipinski definition) is 4. The van der Waals surface area contributed by atoms with Crippen LogP contribution in [0.3, 0.4) is 0 Å². The monoisotopic (exact) mass is 460 g/mol. The maximum Gasteiger partial charge on any atom is 0.325 e. The van der Waals surface area contributed by atoms with Crippen molar-refractivity contribution in [3.8, 4) is 5.75 Å². The van der Waals surface area contributed by atoms with E-state index >= 15 is 0 Å². The molecule has 8 nitrogen and oxygen atoms in total. The molecule has 3 N–H and O–H groups in total. The van der Waals surface area contributed by atoms with E-state index in [-0.39, 0.29) is 24.3 Å². The maximum atomic E-state index is 12.9. The number of benzene rings is 2. The van der Waals surface area contributed by atoms with Crippen molar-refractivity contribution >= 4 is 28.7 Å². The fourth-order valence-electron chi connectivity index (χ4n) is 5.18. The molecule has 1 aliphatic carbocycles. The number of carbonyl (C=O) groups is 3. The van der Waals surface area contributed by atoms with Crippen LogP contribution in [-0.4, -0.2) is 53.5 Å². The maximum absolute atomic E-state index is 12.9. The minimum atomic E-state index is -0.812. The van der Waals surface area contributed by atoms with E-state index in [1.807, 2.05) is 54.7 Å². The lowest BCUT2D eigenvalue weighted by Crippen LogP contribution is -2.45. The summed E-state index contributed by atoms with van der Waals surface area (Å²) >= 11 is 0. The van der Waals surface area contributed by atoms with Crippen molar-refractivity contribution in [1.82, 2.24) is 20.5 Å². The van der Waals surface area contributed by atoms with Crippen LogP contribution in [0.4, 0.5) is 4.79 Å². The number of H-pyrrole nitrogens is 1. The Labute approximate surface area is 197 Å². The van der Waals surface area contributed by atoms with Crippen LogP contribution in [0, 0.1) is 0 Å². The van der Waals surface area contributed by atoms with Crippen molar-refractivity contribution < 1.29 is 19.1 Å². The van der Waals surface area contributed by atoms with E-state index in [1.54, 1.807) is 7.11 Å². The molecular weight excluding hydrogens is 432 g/mol. The highest BCUT2D eigenvalue weighted by Crippen LogP contribution is 2.35. The van der Waals surface area contributed by atoms with Crippen LogP contribution in [-0.2, 0) is 9.59 Å². The summed E-state index contributed by atoms with van der Waals surface area (Å²) in [6.45, 7) is 0.0391. The number of ether oxygens (including phenoxy) is 1. The average Bonchev–Trinajstić information content (AvgIpc) is 3.55. The predicted molar refractivity (Wildman–Crippen MR) is 128 cm³/mol. The topological polar surface area (TPSA) is 104 Å². The van der Waals surface area contributed by atoms with E-state index in [9.17, 15) is 14.4 Å². The first-order valence-corrected chi connectivity index (χ1v) is 11.6. The lowest BCUT2D eigenvalue weighted by atomic mass is 9.90. The largest absolute Gasteiger partial charge is 0.497 e. The highest BCUT2D eigenvalue weighted by atomic mass is 16.5. The molecule has 1 aromatic heterocycles. The second-order valence-electron chi connectivity index (χ2n) is 9.03. The van der Waals surface area contributed by atoms with Crippen LogP contribution in [0.5, 0.6) is 5.75 Å². The molecule has 1 atom stereocenters. The Morgan fingerprint density at radius 3 is 2.59 bits per heavy atom. The standard InChI is InChI=1S/C26H28N4O4/c1-34-18-10-8-17(9-11-18)20(21-15-27-22-7-3-2-6-19(21)22)14-28-23(31)16-30-24(32)26(29-25(30)33)12-4-5-13-26/h2-3,6-11,15,20,27H,4-5,12-14,16H2,1H3,(H,28,31)(H,29,33). The summed E-state index contributed by atoms with van der Waals surface area (Å²) in [4.78, 5) is 42.5. The number of amides is 4. The molecule has 0 bridgehead atoms. The van der Waals surface area contributed by atoms with Crippen LogP contribution < -0.4 is 15.4 Å². The molecule has 176 valence electrons. The van der Waals surface area contributed by atoms with Gasteiger partial charge in [0, 0.05) is 29.6 Å². The van der Waals surface area contributed by atoms with Gasteiger partial charge in [-0.2, -0.15) is 0 Å². The first-order valence-electron chi connectivity index (χ1n) is 11.6. The molecule has 1 saturated carbocycles. The van der Waals surface area contributed by atoms with E-state index in [0.29, 0.717) is 19.4 Å². The summed E-state index contributed by atoms with van der Waals surface area (Å²) in [5.74, 6) is -0.0227. The van der Waals surface area contributed by atoms with Gasteiger partial charge in [-0.3, -0.25) is 14.5 Å². The lowest BCUT2D eigenvalue weighted by molar-refractivity contribution is -0.134. The number of carbonyl (C=O) groups excluding carboxylic acids is 3. The molecule has 4 amide bonds. The van der Waals surface area contributed by atoms with Gasteiger partial charge in [0.1, 0.15) is 17.8 Å². The summed E-state index contributed by atoms with van der Waals surface area (Å²) in [5, 5.41) is 6.85. The number of aromatic amines is 1. The minimum Gasteiger partial charge on any atom is -0.497 e. The van der Waals surface area contributed by atoms with Gasteiger partial charge in [-0.05, 0) is 42.2 Å². The first-order chi connectivity index (χ1) is 16.5. The number of methoxy groups -OCH3 is 1. The Hall–Kier alpha value is -3.81. The molecule has 2 aromatic carbocycles. The van der Waals surface area contributed by atoms with Crippen molar-refractivity contribution in [2.24, 2.45) is 0 Å². The van der Waals surface area contributed by atoms with Crippen molar-refractivity contribution in [3.05, 3.63) is 65.9 Å². The molecule has 3 aromatic rings. The van der Waals surface area contributed by atoms with E-state index in [1.165, 1.54) is 0 Å². The van der Waals surface area contributed by atoms with E-state index in [2.05, 4.69) is 15.6 Å². The number of rotatable bonds is 7. The van der Waals surface area contributed by atoms with E-state index < -0.39 is 11.6 Å². The van der Waals surface area contributed by atoms with Crippen molar-refractivity contribution in [2.45, 2.75) is 37.1 Å². The molecule has 1 spiro atoms. The van der Waals surface area contributed by atoms with Gasteiger partial charge >= 0.3 is 6.03 Å². The van der Waals surface area contributed by atoms with Crippen molar-refractivity contribution in [2.75, 3.05) is 20.2 Å². The average molecular weight is 461 g/mol. The second-order valence-corrected chi connectivity index (χ2v) is 9.03. The lowest BCUT2D eigenvalue weighted by Gasteiger charge is -2.21. The second kappa shape index (κ2) is 8.85. The van der Waals surface area contributed by atoms with Gasteiger partial charge in [-0.25, -0.2) is 4.79 Å². The van der Waals surface area contributed by atoms with Crippen LogP contribution in [0.2, 0.25) is 0 Å². The molecule has 5 rings (SSSR count). The van der Waals surface area contributed by atoms with Crippen molar-refractivity contribution in [3.63, 3.8) is 0 Å². The molecule has 1 saturated heterocycles. The molecule has 1 unspecified atom stereocenters. The summed E-state index contributed by atoms with van der Waals surface area (Å²) in [5.41, 5.74) is 2.28. The van der Waals surface area contributed by atoms with E-state index in [0.717, 1.165) is 45.5 Å². The third-order valence-corrected chi connectivity index (χ3v) is 7.02. The minimum absolute atomic E-state index is 0.129. The zero-order valence-corrected chi connectivity index (χ0v) is 19.1. The number of para-hydroxylation sites is 1. The highest BCUT2D eigenvalue weighted by molar-refractivity contribution is 6.09. The highest BCUT2D eigenvalue weighted by Gasteiger charge is 2.52. The van der Waals surface area contributed by atoms with Gasteiger partial charge in [0.15, 0.2) is 0 Å². The first kappa shape index (κ1) is 22.0. The van der Waals surface area contributed by atoms with Gasteiger partial charge in [0.05, 0.1) is 7.11 Å². The Morgan fingerprint density at radius 1 is 1.12 bits per heavy atom. The number of fused-ring (bicyclic) bond motifs is 1. The Morgan fingerprint density at radius 2 is 1.85 bits per heavy atom. The molecule has 8 heteroatoms. The molecular formula is C26H28N4O4. The van der Waals surface area contributed by atoms with Gasteiger partial charge in [-0.15, -0.1) is 0 Å². The van der Waals surface area contributed by atoms with Gasteiger partial charge in [0.25, 0.3) is 5.91 Å². The fourth-order valence-corrected chi connectivity index (χ4v) is 5.18. The molecule has 2 heterocycles. The number of imide groups is 1. The predicted octanol–water partition coefficient (Wildman–Crippen LogP) is 3.29. The third-order valence-electron chi connectivity index (χ3n) is 7.02. The summed E-state index contributed by atoms with van der Waals surface area (Å²) in [6.07, 6.45) is 5.04. The van der Waals surface area contributed by atoms with Crippen molar-refractivity contribution in [1.29, 1.82) is 0 Å². The summed E-state index contributed by atoms with van der Waals surface area (Å²) in [6, 6.07) is 15.3. The molecule has 0 radical (unpaired) electrons. The van der Waals surface area contributed by atoms with Crippen LogP contribution in [0.15, 0.2) is 54.7 Å². The van der Waals surface area contributed by atoms with Gasteiger partial charge in [0.2, 0.25) is 5.91 Å². The zero-order chi connectivity index (χ0) is 23.7. The zero-order valence-electron chi connectivity index (χ0n) is 19.1. The van der Waals surface area contributed by atoms with Crippen LogP contribution in [0.25, 0.3) is 10.9 Å². The number of urea groups is 1. The molecule has 34 heavy (non-hydrogen) atoms. The summed E-state index contributed by atoms with van der Waals surface area (Å²) in [7, 11) is 1.62. The number of aromatic nitrogens is 1. The quantitative estimate of drug-likeness (QED) is 0.471. The number of hydrogen-bond donors (Lipinski definition) is 3. The smallest absolute Gasteiger partial charge is 0.325 e. The number of nitrogens with one attached hydrogen (secondary N) is 3. The molecule has 1 aliphatic heterocycles. The van der Waals surface area contributed by atoms with Crippen LogP contribution in [0.1, 0.15) is 42.7 Å². The summed E-state index contributed by atoms with van der Waals surface area (Å²) < 4.78 is 5.29. The molecule has 2 fully saturated rings. The van der Waals surface area contributed by atoms with Crippen LogP contribution >= 0.6 is 0 Å². The van der Waals surface area contributed by atoms with E-state index in [4.69, 9.17) is 4.74 Å². The SMILES string of the molecule is COc1ccc(C(CNC(=O)CN2C(=O)NC3(CCCC3)C2=O)c2c[nH]c3ccccc23)cc1.